The zero-order chi connectivity index (χ0) is 13.6. The maximum absolute atomic E-state index is 9.76. The van der Waals surface area contributed by atoms with E-state index in [0.717, 1.165) is 5.46 Å². The first-order valence-electron chi connectivity index (χ1n) is 5.92. The van der Waals surface area contributed by atoms with Crippen LogP contribution in [0.2, 0.25) is 0 Å². The molecule has 1 N–H and O–H groups in total. The van der Waals surface area contributed by atoms with Crippen LogP contribution in [0.5, 0.6) is 5.75 Å². The van der Waals surface area contributed by atoms with Gasteiger partial charge in [0.15, 0.2) is 0 Å². The first kappa shape index (κ1) is 13.0. The minimum absolute atomic E-state index is 0.0738. The molecule has 94 valence electrons. The first-order valence-corrected chi connectivity index (χ1v) is 5.92. The van der Waals surface area contributed by atoms with Gasteiger partial charge in [-0.2, -0.15) is 0 Å². The average Bonchev–Trinajstić information content (AvgIpc) is 2.48. The summed E-state index contributed by atoms with van der Waals surface area (Å²) in [5.41, 5.74) is 0.455. The van der Waals surface area contributed by atoms with Gasteiger partial charge in [-0.15, -0.1) is 6.42 Å². The van der Waals surface area contributed by atoms with E-state index in [1.165, 1.54) is 0 Å². The number of rotatable bonds is 1. The van der Waals surface area contributed by atoms with Crippen LogP contribution in [0.3, 0.4) is 0 Å². The molecule has 0 saturated carbocycles. The normalized spacial score (nSPS) is 20.7. The molecular weight excluding hydrogens is 227 g/mol. The van der Waals surface area contributed by atoms with Crippen molar-refractivity contribution < 1.29 is 14.4 Å². The molecule has 1 saturated heterocycles. The van der Waals surface area contributed by atoms with Crippen molar-refractivity contribution >= 4 is 12.6 Å². The van der Waals surface area contributed by atoms with Crippen molar-refractivity contribution in [1.29, 1.82) is 0 Å². The molecule has 0 bridgehead atoms. The van der Waals surface area contributed by atoms with Gasteiger partial charge in [-0.1, -0.05) is 12.0 Å². The van der Waals surface area contributed by atoms with Gasteiger partial charge in [0, 0.05) is 0 Å². The lowest BCUT2D eigenvalue weighted by atomic mass is 9.78. The Labute approximate surface area is 108 Å². The highest BCUT2D eigenvalue weighted by molar-refractivity contribution is 6.62. The van der Waals surface area contributed by atoms with Crippen molar-refractivity contribution in [2.45, 2.75) is 38.9 Å². The van der Waals surface area contributed by atoms with Crippen molar-refractivity contribution in [1.82, 2.24) is 0 Å². The molecule has 0 spiro atoms. The number of aromatic hydroxyl groups is 1. The fourth-order valence-electron chi connectivity index (χ4n) is 1.80. The molecule has 18 heavy (non-hydrogen) atoms. The quantitative estimate of drug-likeness (QED) is 0.603. The summed E-state index contributed by atoms with van der Waals surface area (Å²) in [7, 11) is -0.479. The van der Waals surface area contributed by atoms with Crippen LogP contribution in [0.1, 0.15) is 33.3 Å². The molecule has 0 amide bonds. The molecule has 1 aromatic rings. The number of phenols is 1. The molecule has 0 atom stereocenters. The van der Waals surface area contributed by atoms with E-state index in [2.05, 4.69) is 5.92 Å². The highest BCUT2D eigenvalue weighted by Gasteiger charge is 2.51. The molecule has 4 heteroatoms. The van der Waals surface area contributed by atoms with Crippen LogP contribution < -0.4 is 5.46 Å². The minimum atomic E-state index is -0.479. The summed E-state index contributed by atoms with van der Waals surface area (Å²) >= 11 is 0. The first-order chi connectivity index (χ1) is 8.27. The van der Waals surface area contributed by atoms with E-state index >= 15 is 0 Å². The van der Waals surface area contributed by atoms with Crippen LogP contribution in [0.25, 0.3) is 0 Å². The molecular formula is C14H17BO3. The third-order valence-corrected chi connectivity index (χ3v) is 3.70. The van der Waals surface area contributed by atoms with Crippen molar-refractivity contribution in [2.75, 3.05) is 0 Å². The molecule has 1 aliphatic heterocycles. The predicted molar refractivity (Wildman–Crippen MR) is 71.8 cm³/mol. The van der Waals surface area contributed by atoms with Gasteiger partial charge in [-0.25, -0.2) is 0 Å². The standard InChI is InChI=1S/C14H17BO3/c1-6-10-7-8-11(9-12(10)16)15-17-13(2,3)14(4,5)18-15/h1,7-9,16H,2-5H3. The van der Waals surface area contributed by atoms with Crippen molar-refractivity contribution in [3.8, 4) is 18.1 Å². The van der Waals surface area contributed by atoms with E-state index < -0.39 is 18.3 Å². The maximum Gasteiger partial charge on any atom is 0.494 e. The lowest BCUT2D eigenvalue weighted by Gasteiger charge is -2.32. The third-order valence-electron chi connectivity index (χ3n) is 3.70. The summed E-state index contributed by atoms with van der Waals surface area (Å²) in [5.74, 6) is 2.49. The Morgan fingerprint density at radius 3 is 2.17 bits per heavy atom. The third kappa shape index (κ3) is 2.00. The van der Waals surface area contributed by atoms with Gasteiger partial charge >= 0.3 is 7.12 Å². The SMILES string of the molecule is C#Cc1ccc(B2OC(C)(C)C(C)(C)O2)cc1O. The van der Waals surface area contributed by atoms with Gasteiger partial charge in [0.2, 0.25) is 0 Å². The Morgan fingerprint density at radius 2 is 1.72 bits per heavy atom. The molecule has 1 aromatic carbocycles. The van der Waals surface area contributed by atoms with Gasteiger partial charge in [0.25, 0.3) is 0 Å². The van der Waals surface area contributed by atoms with Crippen LogP contribution in [-0.2, 0) is 9.31 Å². The smallest absolute Gasteiger partial charge is 0.494 e. The van der Waals surface area contributed by atoms with Crippen molar-refractivity contribution in [3.63, 3.8) is 0 Å². The molecule has 0 aromatic heterocycles. The van der Waals surface area contributed by atoms with Crippen molar-refractivity contribution in [2.24, 2.45) is 0 Å². The van der Waals surface area contributed by atoms with Gasteiger partial charge in [0.05, 0.1) is 16.8 Å². The fraction of sp³-hybridized carbons (Fsp3) is 0.429. The Bertz CT molecular complexity index is 498. The van der Waals surface area contributed by atoms with E-state index in [1.807, 2.05) is 33.8 Å². The maximum atomic E-state index is 9.76. The largest absolute Gasteiger partial charge is 0.507 e. The second-order valence-corrected chi connectivity index (χ2v) is 5.51. The number of phenolic OH excluding ortho intramolecular Hbond substituents is 1. The van der Waals surface area contributed by atoms with Gasteiger partial charge in [-0.05, 0) is 45.3 Å². The molecule has 2 rings (SSSR count). The van der Waals surface area contributed by atoms with E-state index in [9.17, 15) is 5.11 Å². The second kappa shape index (κ2) is 4.05. The summed E-state index contributed by atoms with van der Waals surface area (Å²) in [5, 5.41) is 9.76. The number of terminal acetylenes is 1. The Kier molecular flexibility index (Phi) is 2.92. The lowest BCUT2D eigenvalue weighted by Crippen LogP contribution is -2.41. The molecule has 1 aliphatic rings. The molecule has 1 fully saturated rings. The highest BCUT2D eigenvalue weighted by atomic mass is 16.7. The molecule has 1 heterocycles. The summed E-state index contributed by atoms with van der Waals surface area (Å²) in [6, 6.07) is 5.10. The minimum Gasteiger partial charge on any atom is -0.507 e. The fourth-order valence-corrected chi connectivity index (χ4v) is 1.80. The van der Waals surface area contributed by atoms with E-state index in [4.69, 9.17) is 15.7 Å². The molecule has 3 nitrogen and oxygen atoms in total. The Morgan fingerprint density at radius 1 is 1.17 bits per heavy atom. The molecule has 0 aliphatic carbocycles. The van der Waals surface area contributed by atoms with Crippen LogP contribution in [0.4, 0.5) is 0 Å². The number of hydrogen-bond donors (Lipinski definition) is 1. The van der Waals surface area contributed by atoms with Crippen LogP contribution in [-0.4, -0.2) is 23.4 Å². The van der Waals surface area contributed by atoms with Crippen LogP contribution in [0.15, 0.2) is 18.2 Å². The molecule has 0 radical (unpaired) electrons. The van der Waals surface area contributed by atoms with Crippen LogP contribution in [0, 0.1) is 12.3 Å². The predicted octanol–water partition coefficient (Wildman–Crippen LogP) is 1.67. The van der Waals surface area contributed by atoms with E-state index in [-0.39, 0.29) is 5.75 Å². The zero-order valence-electron chi connectivity index (χ0n) is 11.2. The monoisotopic (exact) mass is 244 g/mol. The van der Waals surface area contributed by atoms with E-state index in [0.29, 0.717) is 5.56 Å². The summed E-state index contributed by atoms with van der Waals surface area (Å²) in [4.78, 5) is 0. The number of hydrogen-bond acceptors (Lipinski definition) is 3. The summed E-state index contributed by atoms with van der Waals surface area (Å²) in [6.45, 7) is 7.96. The zero-order valence-corrected chi connectivity index (χ0v) is 11.2. The number of benzene rings is 1. The Balaban J connectivity index is 2.31. The van der Waals surface area contributed by atoms with Crippen LogP contribution >= 0.6 is 0 Å². The second-order valence-electron chi connectivity index (χ2n) is 5.51. The van der Waals surface area contributed by atoms with Crippen molar-refractivity contribution in [3.05, 3.63) is 23.8 Å². The summed E-state index contributed by atoms with van der Waals surface area (Å²) in [6.07, 6.45) is 5.27. The highest BCUT2D eigenvalue weighted by Crippen LogP contribution is 2.36. The lowest BCUT2D eigenvalue weighted by molar-refractivity contribution is 0.00578. The summed E-state index contributed by atoms with van der Waals surface area (Å²) < 4.78 is 11.8. The molecule has 0 unspecified atom stereocenters. The van der Waals surface area contributed by atoms with Gasteiger partial charge in [0.1, 0.15) is 5.75 Å². The Hall–Kier alpha value is -1.44. The average molecular weight is 244 g/mol. The van der Waals surface area contributed by atoms with Gasteiger partial charge < -0.3 is 14.4 Å². The van der Waals surface area contributed by atoms with E-state index in [1.54, 1.807) is 12.1 Å². The van der Waals surface area contributed by atoms with Gasteiger partial charge in [-0.3, -0.25) is 0 Å². The topological polar surface area (TPSA) is 38.7 Å².